The number of imidazole rings is 1. The van der Waals surface area contributed by atoms with Gasteiger partial charge in [-0.05, 0) is 19.8 Å². The molecule has 5 nitrogen and oxygen atoms in total. The predicted octanol–water partition coefficient (Wildman–Crippen LogP) is 1.69. The van der Waals surface area contributed by atoms with Crippen LogP contribution in [0, 0.1) is 5.92 Å². The third-order valence-electron chi connectivity index (χ3n) is 3.79. The van der Waals surface area contributed by atoms with E-state index in [1.165, 1.54) is 0 Å². The maximum atomic E-state index is 4.45. The smallest absolute Gasteiger partial charge is 0.165 e. The summed E-state index contributed by atoms with van der Waals surface area (Å²) in [5.74, 6) is 1.71. The number of aryl methyl sites for hydroxylation is 1. The van der Waals surface area contributed by atoms with Crippen molar-refractivity contribution in [1.29, 1.82) is 0 Å². The molecule has 17 heavy (non-hydrogen) atoms. The van der Waals surface area contributed by atoms with Crippen LogP contribution in [0.3, 0.4) is 0 Å². The molecule has 2 unspecified atom stereocenters. The molecule has 0 saturated carbocycles. The molecule has 0 aliphatic carbocycles. The van der Waals surface area contributed by atoms with Crippen molar-refractivity contribution in [3.63, 3.8) is 0 Å². The minimum atomic E-state index is 0.542. The van der Waals surface area contributed by atoms with Crippen molar-refractivity contribution < 1.29 is 0 Å². The molecule has 1 aliphatic heterocycles. The molecule has 1 saturated heterocycles. The van der Waals surface area contributed by atoms with Crippen molar-refractivity contribution in [1.82, 2.24) is 19.5 Å². The Bertz CT molecular complexity index is 547. The molecule has 0 N–H and O–H groups in total. The lowest BCUT2D eigenvalue weighted by Gasteiger charge is -2.45. The summed E-state index contributed by atoms with van der Waals surface area (Å²) in [6, 6.07) is 0.542. The van der Waals surface area contributed by atoms with E-state index in [0.717, 1.165) is 36.0 Å². The first kappa shape index (κ1) is 10.5. The SMILES string of the molecule is CCn1cnc2c(N3CC(C)C3C)ncnc21. The molecule has 3 rings (SSSR count). The lowest BCUT2D eigenvalue weighted by atomic mass is 9.92. The van der Waals surface area contributed by atoms with E-state index < -0.39 is 0 Å². The van der Waals surface area contributed by atoms with Gasteiger partial charge in [-0.1, -0.05) is 6.92 Å². The molecular weight excluding hydrogens is 214 g/mol. The molecule has 2 atom stereocenters. The Balaban J connectivity index is 2.08. The van der Waals surface area contributed by atoms with Crippen LogP contribution in [-0.2, 0) is 6.54 Å². The van der Waals surface area contributed by atoms with Crippen LogP contribution in [-0.4, -0.2) is 32.1 Å². The average molecular weight is 231 g/mol. The normalized spacial score (nSPS) is 24.1. The van der Waals surface area contributed by atoms with Crippen molar-refractivity contribution in [3.8, 4) is 0 Å². The molecule has 0 radical (unpaired) electrons. The molecule has 0 bridgehead atoms. The van der Waals surface area contributed by atoms with Gasteiger partial charge in [0.25, 0.3) is 0 Å². The fourth-order valence-corrected chi connectivity index (χ4v) is 2.39. The van der Waals surface area contributed by atoms with Gasteiger partial charge in [0, 0.05) is 19.1 Å². The van der Waals surface area contributed by atoms with E-state index >= 15 is 0 Å². The maximum absolute atomic E-state index is 4.45. The largest absolute Gasteiger partial charge is 0.351 e. The fraction of sp³-hybridized carbons (Fsp3) is 0.583. The van der Waals surface area contributed by atoms with Crippen LogP contribution in [0.25, 0.3) is 11.2 Å². The molecule has 0 amide bonds. The number of hydrogen-bond acceptors (Lipinski definition) is 4. The van der Waals surface area contributed by atoms with Crippen molar-refractivity contribution in [2.75, 3.05) is 11.4 Å². The van der Waals surface area contributed by atoms with Crippen molar-refractivity contribution in [2.24, 2.45) is 5.92 Å². The Morgan fingerprint density at radius 2 is 2.12 bits per heavy atom. The number of fused-ring (bicyclic) bond motifs is 1. The number of hydrogen-bond donors (Lipinski definition) is 0. The highest BCUT2D eigenvalue weighted by Gasteiger charge is 2.34. The number of aromatic nitrogens is 4. The van der Waals surface area contributed by atoms with Gasteiger partial charge in [-0.2, -0.15) is 0 Å². The predicted molar refractivity (Wildman–Crippen MR) is 67.0 cm³/mol. The summed E-state index contributed by atoms with van der Waals surface area (Å²) in [4.78, 5) is 15.5. The molecule has 0 spiro atoms. The second-order valence-electron chi connectivity index (χ2n) is 4.77. The summed E-state index contributed by atoms with van der Waals surface area (Å²) in [5, 5.41) is 0. The zero-order valence-electron chi connectivity index (χ0n) is 10.5. The van der Waals surface area contributed by atoms with Gasteiger partial charge in [-0.3, -0.25) is 0 Å². The first-order valence-corrected chi connectivity index (χ1v) is 6.14. The van der Waals surface area contributed by atoms with Crippen LogP contribution >= 0.6 is 0 Å². The lowest BCUT2D eigenvalue weighted by molar-refractivity contribution is 0.338. The van der Waals surface area contributed by atoms with Gasteiger partial charge in [0.05, 0.1) is 6.33 Å². The monoisotopic (exact) mass is 231 g/mol. The topological polar surface area (TPSA) is 46.8 Å². The van der Waals surface area contributed by atoms with Crippen LogP contribution in [0.1, 0.15) is 20.8 Å². The van der Waals surface area contributed by atoms with Gasteiger partial charge in [0.15, 0.2) is 17.0 Å². The lowest BCUT2D eigenvalue weighted by Crippen LogP contribution is -2.53. The minimum absolute atomic E-state index is 0.542. The Morgan fingerprint density at radius 1 is 1.29 bits per heavy atom. The molecule has 90 valence electrons. The molecule has 1 aliphatic rings. The summed E-state index contributed by atoms with van der Waals surface area (Å²) >= 11 is 0. The van der Waals surface area contributed by atoms with Crippen molar-refractivity contribution >= 4 is 17.0 Å². The van der Waals surface area contributed by atoms with Crippen LogP contribution in [0.4, 0.5) is 5.82 Å². The molecule has 5 heteroatoms. The van der Waals surface area contributed by atoms with Crippen molar-refractivity contribution in [2.45, 2.75) is 33.4 Å². The summed E-state index contributed by atoms with van der Waals surface area (Å²) in [6.07, 6.45) is 3.48. The van der Waals surface area contributed by atoms with Crippen molar-refractivity contribution in [3.05, 3.63) is 12.7 Å². The second kappa shape index (κ2) is 3.68. The first-order chi connectivity index (χ1) is 8.22. The number of rotatable bonds is 2. The molecule has 1 fully saturated rings. The summed E-state index contributed by atoms with van der Waals surface area (Å²) in [7, 11) is 0. The average Bonchev–Trinajstić information content (AvgIpc) is 2.78. The summed E-state index contributed by atoms with van der Waals surface area (Å²) in [6.45, 7) is 8.55. The first-order valence-electron chi connectivity index (χ1n) is 6.14. The van der Waals surface area contributed by atoms with Crippen LogP contribution in [0.5, 0.6) is 0 Å². The summed E-state index contributed by atoms with van der Waals surface area (Å²) in [5.41, 5.74) is 1.86. The summed E-state index contributed by atoms with van der Waals surface area (Å²) < 4.78 is 2.05. The van der Waals surface area contributed by atoms with E-state index in [2.05, 4.69) is 40.6 Å². The van der Waals surface area contributed by atoms with Crippen LogP contribution in [0.2, 0.25) is 0 Å². The highest BCUT2D eigenvalue weighted by Crippen LogP contribution is 2.32. The van der Waals surface area contributed by atoms with E-state index in [1.807, 2.05) is 10.9 Å². The quantitative estimate of drug-likeness (QED) is 0.789. The second-order valence-corrected chi connectivity index (χ2v) is 4.77. The van der Waals surface area contributed by atoms with Gasteiger partial charge in [0.1, 0.15) is 6.33 Å². The van der Waals surface area contributed by atoms with E-state index in [-0.39, 0.29) is 0 Å². The zero-order valence-corrected chi connectivity index (χ0v) is 10.5. The Kier molecular flexibility index (Phi) is 2.28. The van der Waals surface area contributed by atoms with Gasteiger partial charge >= 0.3 is 0 Å². The Labute approximate surface area is 100 Å². The van der Waals surface area contributed by atoms with Gasteiger partial charge in [0.2, 0.25) is 0 Å². The Morgan fingerprint density at radius 3 is 2.76 bits per heavy atom. The molecule has 2 aromatic rings. The third-order valence-corrected chi connectivity index (χ3v) is 3.79. The van der Waals surface area contributed by atoms with E-state index in [4.69, 9.17) is 0 Å². The third kappa shape index (κ3) is 1.41. The maximum Gasteiger partial charge on any atom is 0.165 e. The number of nitrogens with zero attached hydrogens (tertiary/aromatic N) is 5. The van der Waals surface area contributed by atoms with Crippen LogP contribution < -0.4 is 4.90 Å². The highest BCUT2D eigenvalue weighted by molar-refractivity contribution is 5.83. The molecule has 0 aromatic carbocycles. The molecule has 2 aromatic heterocycles. The Hall–Kier alpha value is -1.65. The van der Waals surface area contributed by atoms with Gasteiger partial charge < -0.3 is 9.47 Å². The molecule has 3 heterocycles. The van der Waals surface area contributed by atoms with Gasteiger partial charge in [-0.15, -0.1) is 0 Å². The molecular formula is C12H17N5. The van der Waals surface area contributed by atoms with E-state index in [1.54, 1.807) is 6.33 Å². The fourth-order valence-electron chi connectivity index (χ4n) is 2.39. The standard InChI is InChI=1S/C12H17N5/c1-4-16-7-15-10-11(16)13-6-14-12(10)17-5-8(2)9(17)3/h6-9H,4-5H2,1-3H3. The number of anilines is 1. The van der Waals surface area contributed by atoms with Gasteiger partial charge in [-0.25, -0.2) is 15.0 Å². The zero-order chi connectivity index (χ0) is 12.0. The van der Waals surface area contributed by atoms with E-state index in [0.29, 0.717) is 6.04 Å². The highest BCUT2D eigenvalue weighted by atomic mass is 15.3. The minimum Gasteiger partial charge on any atom is -0.351 e. The van der Waals surface area contributed by atoms with Crippen LogP contribution in [0.15, 0.2) is 12.7 Å². The van der Waals surface area contributed by atoms with E-state index in [9.17, 15) is 0 Å².